The number of aromatic nitrogens is 1. The van der Waals surface area contributed by atoms with Crippen molar-refractivity contribution < 1.29 is 4.42 Å². The highest BCUT2D eigenvalue weighted by molar-refractivity contribution is 7.99. The molecule has 1 aliphatic carbocycles. The Balaban J connectivity index is 0.00000193. The second kappa shape index (κ2) is 14.9. The van der Waals surface area contributed by atoms with Crippen molar-refractivity contribution in [1.82, 2.24) is 4.98 Å². The van der Waals surface area contributed by atoms with Crippen molar-refractivity contribution in [3.8, 4) is 35.1 Å². The Hall–Kier alpha value is -5.56. The summed E-state index contributed by atoms with van der Waals surface area (Å²) in [7, 11) is 0. The largest absolute Gasteiger partial charge is 0.456 e. The first-order valence-corrected chi connectivity index (χ1v) is 17.9. The van der Waals surface area contributed by atoms with Crippen molar-refractivity contribution in [3.05, 3.63) is 168 Å². The van der Waals surface area contributed by atoms with Gasteiger partial charge in [0, 0.05) is 33.0 Å². The Bertz CT molecular complexity index is 2390. The zero-order valence-corrected chi connectivity index (χ0v) is 29.3. The maximum atomic E-state index is 6.15. The molecule has 0 bridgehead atoms. The molecule has 2 aromatic heterocycles. The van der Waals surface area contributed by atoms with Gasteiger partial charge in [0.25, 0.3) is 0 Å². The lowest BCUT2D eigenvalue weighted by Crippen LogP contribution is -1.93. The van der Waals surface area contributed by atoms with Crippen molar-refractivity contribution in [2.24, 2.45) is 0 Å². The first-order valence-electron chi connectivity index (χ1n) is 17.1. The van der Waals surface area contributed by atoms with Crippen molar-refractivity contribution in [3.63, 3.8) is 0 Å². The lowest BCUT2D eigenvalue weighted by atomic mass is 9.91. The molecule has 7 aromatic rings. The van der Waals surface area contributed by atoms with Crippen molar-refractivity contribution in [2.75, 3.05) is 0 Å². The van der Waals surface area contributed by atoms with E-state index in [1.54, 1.807) is 11.8 Å². The molecule has 8 rings (SSSR count). The number of allylic oxidation sites excluding steroid dienone is 4. The average Bonchev–Trinajstić information content (AvgIpc) is 3.94. The molecule has 0 atom stereocenters. The second-order valence-electron chi connectivity index (χ2n) is 12.8. The zero-order valence-electron chi connectivity index (χ0n) is 28.5. The van der Waals surface area contributed by atoms with Gasteiger partial charge in [0.05, 0.1) is 0 Å². The Kier molecular flexibility index (Phi) is 9.83. The Morgan fingerprint density at radius 2 is 1.56 bits per heavy atom. The Morgan fingerprint density at radius 1 is 0.780 bits per heavy atom. The van der Waals surface area contributed by atoms with Crippen molar-refractivity contribution in [2.45, 2.75) is 48.8 Å². The number of para-hydroxylation sites is 1. The van der Waals surface area contributed by atoms with Crippen LogP contribution in [0, 0.1) is 19.8 Å². The molecule has 1 fully saturated rings. The third-order valence-corrected chi connectivity index (χ3v) is 10.3. The van der Waals surface area contributed by atoms with Gasteiger partial charge in [-0.05, 0) is 144 Å². The van der Waals surface area contributed by atoms with Crippen molar-refractivity contribution >= 4 is 39.3 Å². The van der Waals surface area contributed by atoms with Crippen molar-refractivity contribution in [1.29, 1.82) is 0 Å². The molecule has 0 radical (unpaired) electrons. The predicted molar refractivity (Wildman–Crippen MR) is 212 cm³/mol. The number of fused-ring (bicyclic) bond motifs is 3. The van der Waals surface area contributed by atoms with Crippen LogP contribution in [0.3, 0.4) is 0 Å². The Morgan fingerprint density at radius 3 is 2.40 bits per heavy atom. The fourth-order valence-corrected chi connectivity index (χ4v) is 7.55. The topological polar surface area (TPSA) is 26.0 Å². The summed E-state index contributed by atoms with van der Waals surface area (Å²) in [4.78, 5) is 6.79. The van der Waals surface area contributed by atoms with Crippen LogP contribution in [-0.2, 0) is 6.42 Å². The summed E-state index contributed by atoms with van der Waals surface area (Å²) < 4.78 is 6.15. The summed E-state index contributed by atoms with van der Waals surface area (Å²) >= 11 is 1.80. The molecule has 1 aliphatic rings. The number of rotatable bonds is 9. The molecular formula is C47H39NOS. The molecule has 1 saturated carbocycles. The van der Waals surface area contributed by atoms with Crippen LogP contribution in [-0.4, -0.2) is 4.98 Å². The van der Waals surface area contributed by atoms with Crippen LogP contribution in [0.1, 0.15) is 47.9 Å². The summed E-state index contributed by atoms with van der Waals surface area (Å²) in [5, 5.41) is 2.32. The monoisotopic (exact) mass is 665 g/mol. The van der Waals surface area contributed by atoms with E-state index in [9.17, 15) is 0 Å². The van der Waals surface area contributed by atoms with E-state index >= 15 is 0 Å². The molecule has 5 aromatic carbocycles. The minimum atomic E-state index is 0.697. The van der Waals surface area contributed by atoms with Crippen LogP contribution in [0.15, 0.2) is 160 Å². The van der Waals surface area contributed by atoms with E-state index in [2.05, 4.69) is 153 Å². The molecule has 0 saturated heterocycles. The van der Waals surface area contributed by atoms with E-state index in [0.717, 1.165) is 33.9 Å². The lowest BCUT2D eigenvalue weighted by Gasteiger charge is -2.14. The summed E-state index contributed by atoms with van der Waals surface area (Å²) in [6, 6.07) is 41.6. The summed E-state index contributed by atoms with van der Waals surface area (Å²) in [6.45, 7) is 4.37. The first-order chi connectivity index (χ1) is 24.6. The van der Waals surface area contributed by atoms with Gasteiger partial charge in [-0.25, -0.2) is 0 Å². The molecule has 244 valence electrons. The lowest BCUT2D eigenvalue weighted by molar-refractivity contribution is 0.669. The van der Waals surface area contributed by atoms with Gasteiger partial charge in [-0.1, -0.05) is 90.7 Å². The van der Waals surface area contributed by atoms with Gasteiger partial charge in [-0.2, -0.15) is 0 Å². The van der Waals surface area contributed by atoms with E-state index < -0.39 is 0 Å². The highest BCUT2D eigenvalue weighted by atomic mass is 32.2. The van der Waals surface area contributed by atoms with Crippen LogP contribution >= 0.6 is 11.8 Å². The highest BCUT2D eigenvalue weighted by Gasteiger charge is 2.27. The van der Waals surface area contributed by atoms with Gasteiger partial charge in [0.2, 0.25) is 0 Å². The maximum absolute atomic E-state index is 6.15. The fourth-order valence-electron chi connectivity index (χ4n) is 6.59. The smallest absolute Gasteiger partial charge is 0.136 e. The number of hydrogen-bond donors (Lipinski definition) is 0. The molecule has 0 unspecified atom stereocenters. The quantitative estimate of drug-likeness (QED) is 0.113. The summed E-state index contributed by atoms with van der Waals surface area (Å²) in [5.41, 5.74) is 13.4. The molecule has 0 aliphatic heterocycles. The summed E-state index contributed by atoms with van der Waals surface area (Å²) in [6.07, 6.45) is 22.0. The van der Waals surface area contributed by atoms with Crippen LogP contribution in [0.4, 0.5) is 0 Å². The van der Waals surface area contributed by atoms with Crippen LogP contribution in [0.2, 0.25) is 0 Å². The molecular weight excluding hydrogens is 627 g/mol. The number of nitrogens with zero attached hydrogens (tertiary/aromatic N) is 1. The third-order valence-electron chi connectivity index (χ3n) is 9.35. The first kappa shape index (κ1) is 33.0. The van der Waals surface area contributed by atoms with Gasteiger partial charge < -0.3 is 4.42 Å². The van der Waals surface area contributed by atoms with Gasteiger partial charge in [0.1, 0.15) is 11.2 Å². The number of benzene rings is 5. The molecule has 0 amide bonds. The van der Waals surface area contributed by atoms with Crippen LogP contribution < -0.4 is 0 Å². The van der Waals surface area contributed by atoms with Crippen LogP contribution in [0.25, 0.3) is 49.8 Å². The summed E-state index contributed by atoms with van der Waals surface area (Å²) in [5.74, 6) is 0.697. The van der Waals surface area contributed by atoms with E-state index in [0.29, 0.717) is 5.92 Å². The zero-order chi connectivity index (χ0) is 34.5. The Labute approximate surface area is 299 Å². The highest BCUT2D eigenvalue weighted by Crippen LogP contribution is 2.45. The van der Waals surface area contributed by atoms with E-state index in [1.165, 1.54) is 67.1 Å². The van der Waals surface area contributed by atoms with Gasteiger partial charge in [-0.3, -0.25) is 4.98 Å². The minimum absolute atomic E-state index is 0.697. The predicted octanol–water partition coefficient (Wildman–Crippen LogP) is 13.1. The van der Waals surface area contributed by atoms with Gasteiger partial charge in [0.15, 0.2) is 0 Å². The molecule has 0 spiro atoms. The molecule has 0 N–H and O–H groups in total. The average molecular weight is 666 g/mol. The normalized spacial score (nSPS) is 13.1. The molecule has 50 heavy (non-hydrogen) atoms. The number of furan rings is 1. The van der Waals surface area contributed by atoms with Crippen LogP contribution in [0.5, 0.6) is 0 Å². The minimum Gasteiger partial charge on any atom is -0.456 e. The standard InChI is InChI=1S/C45H37NOS.C2H2/c1-30(34-19-21-40(33-17-18-33)43(27-34)39-23-24-46-29-31(39)2)9-3-4-10-32-11-7-13-37(25-32)48-38-14-8-12-35(26-38)36-20-22-42-41-15-5-6-16-44(41)47-45(42)28-36;1-2/h3-9,11-16,19-29,33H,10,17-18H2,1-2H3;1-2H/b4-3-,30-9+;. The number of aryl methyl sites for hydroxylation is 1. The van der Waals surface area contributed by atoms with E-state index in [4.69, 9.17) is 4.42 Å². The fraction of sp³-hybridized carbons (Fsp3) is 0.128. The third kappa shape index (κ3) is 7.22. The van der Waals surface area contributed by atoms with E-state index in [1.807, 2.05) is 24.5 Å². The SMILES string of the molecule is C#C.C/C(=C\C=C/Cc1cccc(Sc2cccc(-c3ccc4c(c3)oc3ccccc34)c2)c1)c1ccc(C2CC2)c(-c2ccncc2C)c1. The number of pyridine rings is 1. The number of terminal acetylenes is 1. The second-order valence-corrected chi connectivity index (χ2v) is 14.0. The molecule has 2 nitrogen and oxygen atoms in total. The van der Waals surface area contributed by atoms with E-state index in [-0.39, 0.29) is 0 Å². The van der Waals surface area contributed by atoms with Gasteiger partial charge >= 0.3 is 0 Å². The molecule has 3 heteroatoms. The maximum Gasteiger partial charge on any atom is 0.136 e. The number of hydrogen-bond acceptors (Lipinski definition) is 3. The molecule has 2 heterocycles. The van der Waals surface area contributed by atoms with Gasteiger partial charge in [-0.15, -0.1) is 12.8 Å².